The van der Waals surface area contributed by atoms with E-state index in [1.165, 1.54) is 44.3 Å². The zero-order valence-corrected chi connectivity index (χ0v) is 53.7. The van der Waals surface area contributed by atoms with E-state index in [0.29, 0.717) is 77.8 Å². The number of halogens is 2. The van der Waals surface area contributed by atoms with Crippen LogP contribution in [0.3, 0.4) is 0 Å². The van der Waals surface area contributed by atoms with Gasteiger partial charge in [0, 0.05) is 92.2 Å². The van der Waals surface area contributed by atoms with Crippen LogP contribution in [0.4, 0.5) is 37.2 Å². The average molecular weight is 1180 g/mol. The van der Waals surface area contributed by atoms with Crippen LogP contribution in [0.5, 0.6) is 0 Å². The Morgan fingerprint density at radius 3 is 1.65 bits per heavy atom. The van der Waals surface area contributed by atoms with Gasteiger partial charge < -0.3 is 60.5 Å². The van der Waals surface area contributed by atoms with Crippen LogP contribution in [0.25, 0.3) is 4.85 Å². The number of para-hydroxylation sites is 3. The fourth-order valence-electron chi connectivity index (χ4n) is 9.85. The second-order valence-corrected chi connectivity index (χ2v) is 24.0. The first-order valence-electron chi connectivity index (χ1n) is 30.4. The van der Waals surface area contributed by atoms with Crippen LogP contribution >= 0.6 is 0 Å². The van der Waals surface area contributed by atoms with Crippen molar-refractivity contribution in [1.82, 2.24) is 25.5 Å². The Bertz CT molecular complexity index is 2600. The number of anilines is 4. The summed E-state index contributed by atoms with van der Waals surface area (Å²) in [6, 6.07) is 25.6. The number of nitrogens with zero attached hydrogens (tertiary/aromatic N) is 5. The quantitative estimate of drug-likeness (QED) is 0.0334. The van der Waals surface area contributed by atoms with Gasteiger partial charge in [0.1, 0.15) is 29.8 Å². The molecule has 16 nitrogen and oxygen atoms in total. The summed E-state index contributed by atoms with van der Waals surface area (Å²) in [6.45, 7) is 51.6. The lowest BCUT2D eigenvalue weighted by Crippen LogP contribution is -2.36. The molecule has 85 heavy (non-hydrogen) atoms. The predicted molar refractivity (Wildman–Crippen MR) is 344 cm³/mol. The molecule has 0 aliphatic carbocycles. The first-order chi connectivity index (χ1) is 40.3. The maximum absolute atomic E-state index is 12.9. The molecule has 7 heterocycles. The monoisotopic (exact) mass is 1180 g/mol. The van der Waals surface area contributed by atoms with Gasteiger partial charge in [-0.2, -0.15) is 9.65 Å². The summed E-state index contributed by atoms with van der Waals surface area (Å²) in [4.78, 5) is 13.5. The molecule has 9 rings (SSSR count). The van der Waals surface area contributed by atoms with Crippen molar-refractivity contribution >= 4 is 28.4 Å². The van der Waals surface area contributed by atoms with Crippen molar-refractivity contribution in [1.29, 1.82) is 5.26 Å². The van der Waals surface area contributed by atoms with Crippen LogP contribution in [0.1, 0.15) is 142 Å². The first kappa shape index (κ1) is 72.6. The van der Waals surface area contributed by atoms with Gasteiger partial charge in [0.25, 0.3) is 0 Å². The van der Waals surface area contributed by atoms with Crippen LogP contribution in [0.15, 0.2) is 110 Å². The van der Waals surface area contributed by atoms with E-state index in [-0.39, 0.29) is 29.7 Å². The number of nitrogens with one attached hydrogen (secondary N) is 6. The fraction of sp³-hybridized carbons (Fsp3) is 0.582. The van der Waals surface area contributed by atoms with E-state index in [9.17, 15) is 8.78 Å². The topological polar surface area (TPSA) is 176 Å². The Labute approximate surface area is 509 Å². The van der Waals surface area contributed by atoms with Gasteiger partial charge in [-0.25, -0.2) is 19.2 Å². The molecule has 5 atom stereocenters. The Morgan fingerprint density at radius 2 is 1.18 bits per heavy atom. The normalized spacial score (nSPS) is 19.9. The van der Waals surface area contributed by atoms with E-state index in [2.05, 4.69) is 141 Å². The second-order valence-electron chi connectivity index (χ2n) is 24.0. The van der Waals surface area contributed by atoms with Gasteiger partial charge in [0.05, 0.1) is 74.2 Å². The maximum Gasteiger partial charge on any atom is 0.212 e. The summed E-state index contributed by atoms with van der Waals surface area (Å²) >= 11 is 0. The molecule has 6 N–H and O–H groups in total. The lowest BCUT2D eigenvalue weighted by Gasteiger charge is -2.29. The number of hydrogen-bond acceptors (Lipinski definition) is 15. The van der Waals surface area contributed by atoms with Crippen molar-refractivity contribution in [3.05, 3.63) is 139 Å². The summed E-state index contributed by atoms with van der Waals surface area (Å²) < 4.78 is 52.8. The second kappa shape index (κ2) is 38.4. The molecule has 5 saturated heterocycles. The van der Waals surface area contributed by atoms with Gasteiger partial charge in [-0.3, -0.25) is 0 Å². The van der Waals surface area contributed by atoms with Crippen LogP contribution in [-0.2, 0) is 23.7 Å². The van der Waals surface area contributed by atoms with E-state index < -0.39 is 5.95 Å². The number of fused-ring (bicyclic) bond motifs is 5. The van der Waals surface area contributed by atoms with Gasteiger partial charge >= 0.3 is 0 Å². The number of likely N-dealkylation sites (tertiary alicyclic amines) is 1. The number of pyridine rings is 2. The highest BCUT2D eigenvalue weighted by Crippen LogP contribution is 2.54. The van der Waals surface area contributed by atoms with Crippen LogP contribution in [0.2, 0.25) is 0 Å². The minimum Gasteiger partial charge on any atom is -0.476 e. The molecule has 0 amide bonds. The number of rotatable bonds is 17. The number of benzene rings is 2. The molecule has 2 aromatic carbocycles. The minimum atomic E-state index is -0.445. The lowest BCUT2D eigenvalue weighted by molar-refractivity contribution is -0.00918. The largest absolute Gasteiger partial charge is 0.476 e. The van der Waals surface area contributed by atoms with E-state index in [4.69, 9.17) is 35.5 Å². The molecular formula is C67H103F2N11O5. The number of aromatic nitrogens is 2. The first-order valence-corrected chi connectivity index (χ1v) is 30.4. The number of hydrogen-bond donors (Lipinski definition) is 6. The molecule has 18 heteroatoms. The Balaban J connectivity index is 0.000000260. The molecule has 5 unspecified atom stereocenters. The standard InChI is InChI=1S/C12H21NO.C10H12N2.C10H19NO2.C9H12FN.C9H11N3.C9H17NO2.C8H11FN2/c1-8(2)13-6-9-10(7-13)12(3)5-4-11(9)14-12;1-8(2)12-10-7-5-4-6-9(10)11-3;1-8(2)11-9(3)13-10-4-6-12-7-5-10;1-7(2)11-9-6-4-3-5-8(9)10;1-7(2)12-9-4-3-8(5-10)11-6-9;1-7(2)10-8(3)12-9-4-5-11-6-9;1-6(2)11-7-3-4-8(9)10-5-7/h8-11H,4-7H2,1-3H3;4-8,12H,1-2H3;8,10-11H,3-7H2,1-2H3;3-7,11H,1-2H3;3-4,6-7,12H,1-2H3;7,9-10H,3-6H2,1-2H3;3-6,11H,1-2H3. The van der Waals surface area contributed by atoms with Crippen LogP contribution in [-0.4, -0.2) is 121 Å². The molecule has 2 bridgehead atoms. The molecule has 5 aliphatic rings. The average Bonchev–Trinajstić information content (AvgIpc) is 1.69. The molecule has 0 saturated carbocycles. The van der Waals surface area contributed by atoms with Crippen molar-refractivity contribution in [2.24, 2.45) is 11.8 Å². The summed E-state index contributed by atoms with van der Waals surface area (Å²) in [6.07, 6.45) is 9.74. The van der Waals surface area contributed by atoms with Crippen molar-refractivity contribution < 1.29 is 32.5 Å². The molecule has 5 fully saturated rings. The fourth-order valence-corrected chi connectivity index (χ4v) is 9.85. The van der Waals surface area contributed by atoms with Crippen molar-refractivity contribution in [3.63, 3.8) is 0 Å². The van der Waals surface area contributed by atoms with E-state index in [0.717, 1.165) is 68.0 Å². The number of ether oxygens (including phenoxy) is 5. The molecule has 470 valence electrons. The molecule has 4 aromatic rings. The summed E-state index contributed by atoms with van der Waals surface area (Å²) in [5.41, 5.74) is 4.66. The smallest absolute Gasteiger partial charge is 0.212 e. The maximum atomic E-state index is 12.9. The minimum absolute atomic E-state index is 0.193. The van der Waals surface area contributed by atoms with Gasteiger partial charge in [-0.1, -0.05) is 30.3 Å². The molecular weight excluding hydrogens is 1080 g/mol. The molecule has 0 radical (unpaired) electrons. The van der Waals surface area contributed by atoms with E-state index >= 15 is 0 Å². The van der Waals surface area contributed by atoms with E-state index in [1.807, 2.05) is 70.2 Å². The van der Waals surface area contributed by atoms with E-state index in [1.54, 1.807) is 30.5 Å². The lowest BCUT2D eigenvalue weighted by atomic mass is 9.75. The Morgan fingerprint density at radius 1 is 0.659 bits per heavy atom. The summed E-state index contributed by atoms with van der Waals surface area (Å²) in [5, 5.41) is 27.2. The predicted octanol–water partition coefficient (Wildman–Crippen LogP) is 14.3. The van der Waals surface area contributed by atoms with Crippen molar-refractivity contribution in [2.75, 3.05) is 60.8 Å². The molecule has 5 aliphatic heterocycles. The Kier molecular flexibility index (Phi) is 32.8. The van der Waals surface area contributed by atoms with Crippen molar-refractivity contribution in [3.8, 4) is 6.07 Å². The third-order valence-corrected chi connectivity index (χ3v) is 13.6. The highest BCUT2D eigenvalue weighted by Gasteiger charge is 2.59. The third kappa shape index (κ3) is 28.8. The van der Waals surface area contributed by atoms with Gasteiger partial charge in [0.15, 0.2) is 11.8 Å². The molecule has 0 spiro atoms. The van der Waals surface area contributed by atoms with Gasteiger partial charge in [-0.15, -0.1) is 0 Å². The SMILES string of the molecule is C=C(NC(C)C)OC1CCOC1.C=C(NC(C)C)OC1CCOCC1.CC(C)N1CC2C3CCC(C)(O3)C2C1.CC(C)Nc1ccc(C#N)nc1.CC(C)Nc1ccc(F)nc1.CC(C)Nc1ccccc1F.[C-]#[N+]c1ccccc1NC(C)C. The van der Waals surface area contributed by atoms with Crippen LogP contribution in [0, 0.1) is 41.5 Å². The summed E-state index contributed by atoms with van der Waals surface area (Å²) in [7, 11) is 0. The van der Waals surface area contributed by atoms with Gasteiger partial charge in [0.2, 0.25) is 11.6 Å². The zero-order valence-electron chi connectivity index (χ0n) is 53.7. The highest BCUT2D eigenvalue weighted by atomic mass is 19.1. The summed E-state index contributed by atoms with van der Waals surface area (Å²) in [5.74, 6) is 2.36. The Hall–Kier alpha value is -6.70. The molecule has 2 aromatic heterocycles. The zero-order chi connectivity index (χ0) is 63.1. The number of nitriles is 1. The van der Waals surface area contributed by atoms with Crippen LogP contribution < -0.4 is 31.9 Å². The van der Waals surface area contributed by atoms with Crippen molar-refractivity contribution in [2.45, 2.75) is 202 Å². The van der Waals surface area contributed by atoms with Gasteiger partial charge in [-0.05, 0) is 172 Å². The third-order valence-electron chi connectivity index (χ3n) is 13.6. The highest BCUT2D eigenvalue weighted by molar-refractivity contribution is 5.69.